The third kappa shape index (κ3) is 3.04. The number of anilines is 1. The Kier molecular flexibility index (Phi) is 4.26. The van der Waals surface area contributed by atoms with E-state index in [-0.39, 0.29) is 16.9 Å². The van der Waals surface area contributed by atoms with Gasteiger partial charge < -0.3 is 0 Å². The lowest BCUT2D eigenvalue weighted by Gasteiger charge is -1.98. The third-order valence-electron chi connectivity index (χ3n) is 1.95. The van der Waals surface area contributed by atoms with Gasteiger partial charge in [-0.15, -0.1) is 21.8 Å². The minimum atomic E-state index is -0.407. The highest BCUT2D eigenvalue weighted by atomic mass is 79.9. The molecule has 0 aliphatic rings. The smallest absolute Gasteiger partial charge is 0.241 e. The van der Waals surface area contributed by atoms with Crippen LogP contribution in [0.2, 0.25) is 0 Å². The second-order valence-electron chi connectivity index (χ2n) is 3.22. The average Bonchev–Trinajstić information content (AvgIpc) is 2.77. The molecule has 1 N–H and O–H groups in total. The summed E-state index contributed by atoms with van der Waals surface area (Å²) in [6.07, 6.45) is 0. The summed E-state index contributed by atoms with van der Waals surface area (Å²) in [6.45, 7) is 0. The van der Waals surface area contributed by atoms with Gasteiger partial charge >= 0.3 is 0 Å². The monoisotopic (exact) mass is 349 g/mol. The minimum absolute atomic E-state index is 0.165. The van der Waals surface area contributed by atoms with E-state index < -0.39 is 5.82 Å². The maximum Gasteiger partial charge on any atom is 0.241 e. The lowest BCUT2D eigenvalue weighted by molar-refractivity contribution is -0.113. The van der Waals surface area contributed by atoms with Crippen LogP contribution in [0.5, 0.6) is 0 Å². The van der Waals surface area contributed by atoms with Gasteiger partial charge in [0.05, 0.1) is 0 Å². The predicted octanol–water partition coefficient (Wildman–Crippen LogP) is 3.28. The Morgan fingerprint density at radius 2 is 2.28 bits per heavy atom. The summed E-state index contributed by atoms with van der Waals surface area (Å²) in [5.41, 5.74) is 0.335. The maximum atomic E-state index is 13.7. The first kappa shape index (κ1) is 13.4. The highest BCUT2D eigenvalue weighted by Gasteiger charge is 2.12. The summed E-state index contributed by atoms with van der Waals surface area (Å²) in [4.78, 5) is 11.1. The average molecular weight is 351 g/mol. The molecule has 4 nitrogen and oxygen atoms in total. The van der Waals surface area contributed by atoms with E-state index in [0.29, 0.717) is 15.0 Å². The van der Waals surface area contributed by atoms with E-state index in [1.54, 1.807) is 12.1 Å². The zero-order valence-corrected chi connectivity index (χ0v) is 11.9. The van der Waals surface area contributed by atoms with E-state index >= 15 is 0 Å². The number of halogens is 3. The molecule has 0 saturated heterocycles. The van der Waals surface area contributed by atoms with Crippen LogP contribution in [0.4, 0.5) is 9.52 Å². The van der Waals surface area contributed by atoms with Gasteiger partial charge in [-0.1, -0.05) is 27.3 Å². The van der Waals surface area contributed by atoms with Crippen LogP contribution in [0.15, 0.2) is 22.7 Å². The van der Waals surface area contributed by atoms with Crippen molar-refractivity contribution in [2.75, 3.05) is 11.2 Å². The van der Waals surface area contributed by atoms with E-state index in [2.05, 4.69) is 31.4 Å². The number of alkyl halides is 1. The standard InChI is InChI=1S/C10H6BrClFN3OS/c11-5-1-2-6(7(13)3-5)9-15-16-10(18-9)14-8(17)4-12/h1-3H,4H2,(H,14,16,17). The number of amides is 1. The molecule has 2 aromatic rings. The molecule has 0 radical (unpaired) electrons. The molecule has 1 heterocycles. The Hall–Kier alpha value is -1.05. The molecular formula is C10H6BrClFN3OS. The molecule has 0 saturated carbocycles. The van der Waals surface area contributed by atoms with E-state index in [4.69, 9.17) is 11.6 Å². The van der Waals surface area contributed by atoms with Crippen molar-refractivity contribution in [3.05, 3.63) is 28.5 Å². The summed E-state index contributed by atoms with van der Waals surface area (Å²) in [7, 11) is 0. The first-order valence-electron chi connectivity index (χ1n) is 4.75. The second kappa shape index (κ2) is 5.73. The van der Waals surface area contributed by atoms with E-state index in [1.165, 1.54) is 6.07 Å². The fraction of sp³-hybridized carbons (Fsp3) is 0.100. The van der Waals surface area contributed by atoms with E-state index in [1.807, 2.05) is 0 Å². The number of aromatic nitrogens is 2. The van der Waals surface area contributed by atoms with Gasteiger partial charge in [-0.05, 0) is 18.2 Å². The maximum absolute atomic E-state index is 13.7. The van der Waals surface area contributed by atoms with Gasteiger partial charge in [-0.3, -0.25) is 10.1 Å². The number of nitrogens with one attached hydrogen (secondary N) is 1. The van der Waals surface area contributed by atoms with Crippen molar-refractivity contribution in [1.29, 1.82) is 0 Å². The van der Waals surface area contributed by atoms with Crippen molar-refractivity contribution in [3.8, 4) is 10.6 Å². The summed E-state index contributed by atoms with van der Waals surface area (Å²) < 4.78 is 14.3. The highest BCUT2D eigenvalue weighted by Crippen LogP contribution is 2.29. The predicted molar refractivity (Wildman–Crippen MR) is 72.4 cm³/mol. The Morgan fingerprint density at radius 3 is 2.94 bits per heavy atom. The van der Waals surface area contributed by atoms with Crippen LogP contribution >= 0.6 is 38.9 Å². The summed E-state index contributed by atoms with van der Waals surface area (Å²) in [5.74, 6) is -0.951. The zero-order valence-electron chi connectivity index (χ0n) is 8.78. The van der Waals surface area contributed by atoms with Gasteiger partial charge in [-0.25, -0.2) is 4.39 Å². The number of benzene rings is 1. The molecule has 0 aliphatic carbocycles. The lowest BCUT2D eigenvalue weighted by atomic mass is 10.2. The second-order valence-corrected chi connectivity index (χ2v) is 5.38. The van der Waals surface area contributed by atoms with E-state index in [9.17, 15) is 9.18 Å². The first-order valence-corrected chi connectivity index (χ1v) is 6.89. The number of carbonyl (C=O) groups is 1. The first-order chi connectivity index (χ1) is 8.60. The topological polar surface area (TPSA) is 54.9 Å². The number of carbonyl (C=O) groups excluding carboxylic acids is 1. The largest absolute Gasteiger partial charge is 0.299 e. The molecule has 0 bridgehead atoms. The number of rotatable bonds is 3. The molecule has 8 heteroatoms. The van der Waals surface area contributed by atoms with Gasteiger partial charge in [0.1, 0.15) is 11.7 Å². The molecule has 0 unspecified atom stereocenters. The van der Waals surface area contributed by atoms with Gasteiger partial charge in [0, 0.05) is 10.0 Å². The van der Waals surface area contributed by atoms with Crippen molar-refractivity contribution >= 4 is 49.9 Å². The van der Waals surface area contributed by atoms with Crippen LogP contribution in [0.3, 0.4) is 0 Å². The van der Waals surface area contributed by atoms with Gasteiger partial charge in [-0.2, -0.15) is 0 Å². The molecule has 0 spiro atoms. The van der Waals surface area contributed by atoms with Crippen molar-refractivity contribution in [2.45, 2.75) is 0 Å². The van der Waals surface area contributed by atoms with Crippen molar-refractivity contribution in [1.82, 2.24) is 10.2 Å². The number of nitrogens with zero attached hydrogens (tertiary/aromatic N) is 2. The Labute approximate surface area is 119 Å². The fourth-order valence-corrected chi connectivity index (χ4v) is 2.38. The molecule has 1 amide bonds. The normalized spacial score (nSPS) is 10.4. The van der Waals surface area contributed by atoms with Crippen LogP contribution in [-0.2, 0) is 4.79 Å². The molecule has 1 aromatic carbocycles. The molecule has 18 heavy (non-hydrogen) atoms. The van der Waals surface area contributed by atoms with Crippen LogP contribution < -0.4 is 5.32 Å². The van der Waals surface area contributed by atoms with Crippen molar-refractivity contribution < 1.29 is 9.18 Å². The molecule has 0 fully saturated rings. The molecular weight excluding hydrogens is 345 g/mol. The SMILES string of the molecule is O=C(CCl)Nc1nnc(-c2ccc(Br)cc2F)s1. The van der Waals surface area contributed by atoms with Crippen LogP contribution in [0.25, 0.3) is 10.6 Å². The quantitative estimate of drug-likeness (QED) is 0.864. The summed E-state index contributed by atoms with van der Waals surface area (Å²) in [5, 5.41) is 10.7. The lowest BCUT2D eigenvalue weighted by Crippen LogP contribution is -2.12. The van der Waals surface area contributed by atoms with Crippen LogP contribution in [-0.4, -0.2) is 22.0 Å². The van der Waals surface area contributed by atoms with Gasteiger partial charge in [0.15, 0.2) is 5.01 Å². The molecule has 94 valence electrons. The van der Waals surface area contributed by atoms with Gasteiger partial charge in [0.2, 0.25) is 11.0 Å². The molecule has 0 atom stereocenters. The Balaban J connectivity index is 2.26. The summed E-state index contributed by atoms with van der Waals surface area (Å²) in [6, 6.07) is 4.64. The Bertz CT molecular complexity index is 592. The zero-order chi connectivity index (χ0) is 13.1. The third-order valence-corrected chi connectivity index (χ3v) is 3.56. The fourth-order valence-electron chi connectivity index (χ4n) is 1.20. The highest BCUT2D eigenvalue weighted by molar-refractivity contribution is 9.10. The van der Waals surface area contributed by atoms with Gasteiger partial charge in [0.25, 0.3) is 0 Å². The number of hydrogen-bond acceptors (Lipinski definition) is 4. The van der Waals surface area contributed by atoms with Crippen molar-refractivity contribution in [3.63, 3.8) is 0 Å². The molecule has 1 aromatic heterocycles. The Morgan fingerprint density at radius 1 is 1.50 bits per heavy atom. The van der Waals surface area contributed by atoms with Crippen LogP contribution in [0, 0.1) is 5.82 Å². The molecule has 2 rings (SSSR count). The van der Waals surface area contributed by atoms with Crippen molar-refractivity contribution in [2.24, 2.45) is 0 Å². The minimum Gasteiger partial charge on any atom is -0.299 e. The molecule has 0 aliphatic heterocycles. The van der Waals surface area contributed by atoms with Crippen LogP contribution in [0.1, 0.15) is 0 Å². The number of hydrogen-bond donors (Lipinski definition) is 1. The van der Waals surface area contributed by atoms with E-state index in [0.717, 1.165) is 11.3 Å². The summed E-state index contributed by atoms with van der Waals surface area (Å²) >= 11 is 9.60.